The van der Waals surface area contributed by atoms with Gasteiger partial charge in [-0.05, 0) is 30.7 Å². The van der Waals surface area contributed by atoms with Crippen molar-refractivity contribution in [1.82, 2.24) is 0 Å². The molecule has 0 aromatic heterocycles. The van der Waals surface area contributed by atoms with E-state index in [-0.39, 0.29) is 28.4 Å². The molecule has 1 N–H and O–H groups in total. The number of aryl methyl sites for hydroxylation is 1. The molecule has 1 unspecified atom stereocenters. The van der Waals surface area contributed by atoms with Crippen molar-refractivity contribution in [3.8, 4) is 11.5 Å². The van der Waals surface area contributed by atoms with Gasteiger partial charge < -0.3 is 19.3 Å². The smallest absolute Gasteiger partial charge is 0.363 e. The lowest BCUT2D eigenvalue weighted by Crippen LogP contribution is -2.55. The Morgan fingerprint density at radius 3 is 2.54 bits per heavy atom. The Kier molecular flexibility index (Phi) is 3.44. The maximum absolute atomic E-state index is 12.9. The zero-order chi connectivity index (χ0) is 17.6. The van der Waals surface area contributed by atoms with E-state index >= 15 is 0 Å². The van der Waals surface area contributed by atoms with E-state index in [2.05, 4.69) is 0 Å². The number of methoxy groups -OCH3 is 2. The molecule has 7 nitrogen and oxygen atoms in total. The first kappa shape index (κ1) is 15.8. The lowest BCUT2D eigenvalue weighted by Gasteiger charge is -2.39. The van der Waals surface area contributed by atoms with Gasteiger partial charge in [0.2, 0.25) is 5.78 Å². The average Bonchev–Trinajstić information content (AvgIpc) is 2.53. The summed E-state index contributed by atoms with van der Waals surface area (Å²) in [5.41, 5.74) is -1.76. The Labute approximate surface area is 137 Å². The largest absolute Gasteiger partial charge is 0.507 e. The first-order chi connectivity index (χ1) is 11.3. The van der Waals surface area contributed by atoms with Gasteiger partial charge in [-0.3, -0.25) is 9.59 Å². The zero-order valence-electron chi connectivity index (χ0n) is 13.2. The number of carbonyl (C=O) groups excluding carboxylic acids is 3. The molecule has 1 aliphatic heterocycles. The van der Waals surface area contributed by atoms with Crippen molar-refractivity contribution in [2.75, 3.05) is 14.2 Å². The standard InChI is InChI=1S/C17H14O7/c1-8-4-11(19)14-12(5-8)24-17(16(21)23-3)10(15(14)20)6-9(18)7-13(17)22-2/h4-7,19H,1-3H3. The number of rotatable bonds is 2. The summed E-state index contributed by atoms with van der Waals surface area (Å²) in [6.07, 6.45) is 2.05. The lowest BCUT2D eigenvalue weighted by molar-refractivity contribution is -0.155. The molecule has 1 heterocycles. The summed E-state index contributed by atoms with van der Waals surface area (Å²) in [4.78, 5) is 37.2. The number of phenols is 1. The number of hydrogen-bond donors (Lipinski definition) is 1. The second-order valence-electron chi connectivity index (χ2n) is 5.43. The summed E-state index contributed by atoms with van der Waals surface area (Å²) < 4.78 is 15.7. The van der Waals surface area contributed by atoms with Gasteiger partial charge in [-0.1, -0.05) is 0 Å². The Bertz CT molecular complexity index is 847. The van der Waals surface area contributed by atoms with E-state index in [1.807, 2.05) is 0 Å². The third kappa shape index (κ3) is 1.94. The van der Waals surface area contributed by atoms with E-state index in [9.17, 15) is 19.5 Å². The normalized spacial score (nSPS) is 21.8. The minimum atomic E-state index is -2.01. The van der Waals surface area contributed by atoms with Crippen LogP contribution in [0.15, 0.2) is 35.6 Å². The Hall–Kier alpha value is -3.09. The zero-order valence-corrected chi connectivity index (χ0v) is 13.2. The van der Waals surface area contributed by atoms with E-state index in [0.29, 0.717) is 5.56 Å². The Morgan fingerprint density at radius 1 is 1.21 bits per heavy atom. The molecule has 0 bridgehead atoms. The molecule has 0 amide bonds. The van der Waals surface area contributed by atoms with Crippen LogP contribution in [0.2, 0.25) is 0 Å². The third-order valence-electron chi connectivity index (χ3n) is 3.94. The van der Waals surface area contributed by atoms with Crippen LogP contribution in [-0.2, 0) is 19.1 Å². The van der Waals surface area contributed by atoms with Crippen LogP contribution in [0, 0.1) is 6.92 Å². The minimum Gasteiger partial charge on any atom is -0.507 e. The SMILES string of the molecule is COC(=O)C12Oc3cc(C)cc(O)c3C(=O)C1=CC(=O)C=C2OC. The first-order valence-electron chi connectivity index (χ1n) is 7.03. The monoisotopic (exact) mass is 330 g/mol. The van der Waals surface area contributed by atoms with Gasteiger partial charge >= 0.3 is 5.97 Å². The van der Waals surface area contributed by atoms with Crippen molar-refractivity contribution in [1.29, 1.82) is 0 Å². The highest BCUT2D eigenvalue weighted by molar-refractivity contribution is 6.23. The van der Waals surface area contributed by atoms with Gasteiger partial charge in [0.1, 0.15) is 17.1 Å². The maximum Gasteiger partial charge on any atom is 0.363 e. The van der Waals surface area contributed by atoms with Crippen molar-refractivity contribution >= 4 is 17.5 Å². The fourth-order valence-electron chi connectivity index (χ4n) is 2.92. The summed E-state index contributed by atoms with van der Waals surface area (Å²) in [6, 6.07) is 2.90. The third-order valence-corrected chi connectivity index (χ3v) is 3.94. The van der Waals surface area contributed by atoms with Gasteiger partial charge in [0.05, 0.1) is 19.8 Å². The molecule has 7 heteroatoms. The summed E-state index contributed by atoms with van der Waals surface area (Å²) in [6.45, 7) is 1.70. The molecule has 1 atom stereocenters. The highest BCUT2D eigenvalue weighted by Gasteiger charge is 2.59. The van der Waals surface area contributed by atoms with E-state index in [1.165, 1.54) is 19.2 Å². The van der Waals surface area contributed by atoms with Gasteiger partial charge in [-0.2, -0.15) is 0 Å². The molecule has 1 aromatic carbocycles. The second-order valence-corrected chi connectivity index (χ2v) is 5.43. The van der Waals surface area contributed by atoms with Crippen LogP contribution in [-0.4, -0.2) is 42.5 Å². The van der Waals surface area contributed by atoms with Crippen LogP contribution in [0.25, 0.3) is 0 Å². The number of ketones is 2. The number of aromatic hydroxyl groups is 1. The number of allylic oxidation sites excluding steroid dienone is 2. The molecule has 124 valence electrons. The number of hydrogen-bond acceptors (Lipinski definition) is 7. The van der Waals surface area contributed by atoms with Crippen molar-refractivity contribution < 1.29 is 33.7 Å². The van der Waals surface area contributed by atoms with E-state index in [4.69, 9.17) is 14.2 Å². The summed E-state index contributed by atoms with van der Waals surface area (Å²) in [7, 11) is 2.39. The quantitative estimate of drug-likeness (QED) is 0.814. The number of ether oxygens (including phenoxy) is 3. The number of carbonyl (C=O) groups is 3. The molecule has 0 fully saturated rings. The molecule has 0 spiro atoms. The molecule has 24 heavy (non-hydrogen) atoms. The number of benzene rings is 1. The second kappa shape index (κ2) is 5.23. The van der Waals surface area contributed by atoms with Gasteiger partial charge in [-0.25, -0.2) is 4.79 Å². The Balaban J connectivity index is 2.35. The number of fused-ring (bicyclic) bond motifs is 2. The predicted octanol–water partition coefficient (Wildman–Crippen LogP) is 1.23. The molecule has 0 saturated carbocycles. The van der Waals surface area contributed by atoms with E-state index < -0.39 is 23.1 Å². The molecule has 2 aliphatic rings. The number of esters is 1. The van der Waals surface area contributed by atoms with Gasteiger partial charge in [0.15, 0.2) is 11.5 Å². The van der Waals surface area contributed by atoms with Crippen molar-refractivity contribution in [2.24, 2.45) is 0 Å². The molecular formula is C17H14O7. The lowest BCUT2D eigenvalue weighted by atomic mass is 9.78. The highest BCUT2D eigenvalue weighted by atomic mass is 16.6. The highest BCUT2D eigenvalue weighted by Crippen LogP contribution is 2.46. The van der Waals surface area contributed by atoms with E-state index in [0.717, 1.165) is 19.3 Å². The Morgan fingerprint density at radius 2 is 1.92 bits per heavy atom. The fraction of sp³-hybridized carbons (Fsp3) is 0.235. The maximum atomic E-state index is 12.9. The summed E-state index contributed by atoms with van der Waals surface area (Å²) >= 11 is 0. The number of Topliss-reactive ketones (excluding diaryl/α,β-unsaturated/α-hetero) is 1. The van der Waals surface area contributed by atoms with Crippen molar-refractivity contribution in [3.63, 3.8) is 0 Å². The first-order valence-corrected chi connectivity index (χ1v) is 7.03. The summed E-state index contributed by atoms with van der Waals surface area (Å²) in [5, 5.41) is 10.1. The van der Waals surface area contributed by atoms with Crippen molar-refractivity contribution in [2.45, 2.75) is 12.5 Å². The van der Waals surface area contributed by atoms with Crippen molar-refractivity contribution in [3.05, 3.63) is 46.7 Å². The van der Waals surface area contributed by atoms with E-state index in [1.54, 1.807) is 6.92 Å². The van der Waals surface area contributed by atoms with Crippen LogP contribution in [0.3, 0.4) is 0 Å². The molecule has 3 rings (SSSR count). The van der Waals surface area contributed by atoms with Crippen LogP contribution >= 0.6 is 0 Å². The molecule has 0 radical (unpaired) electrons. The van der Waals surface area contributed by atoms with Crippen LogP contribution in [0.4, 0.5) is 0 Å². The van der Waals surface area contributed by atoms with Gasteiger partial charge in [0, 0.05) is 6.08 Å². The summed E-state index contributed by atoms with van der Waals surface area (Å²) in [5.74, 6) is -2.58. The average molecular weight is 330 g/mol. The number of phenolic OH excluding ortho intramolecular Hbond substituents is 1. The van der Waals surface area contributed by atoms with Crippen LogP contribution in [0.5, 0.6) is 11.5 Å². The molecule has 1 aromatic rings. The predicted molar refractivity (Wildman–Crippen MR) is 80.7 cm³/mol. The minimum absolute atomic E-state index is 0.0114. The van der Waals surface area contributed by atoms with Gasteiger partial charge in [-0.15, -0.1) is 0 Å². The van der Waals surface area contributed by atoms with Crippen LogP contribution < -0.4 is 4.74 Å². The molecule has 1 aliphatic carbocycles. The topological polar surface area (TPSA) is 99.1 Å². The van der Waals surface area contributed by atoms with Gasteiger partial charge in [0.25, 0.3) is 5.60 Å². The fourth-order valence-corrected chi connectivity index (χ4v) is 2.92. The van der Waals surface area contributed by atoms with Crippen LogP contribution in [0.1, 0.15) is 15.9 Å². The molecule has 0 saturated heterocycles. The molecular weight excluding hydrogens is 316 g/mol.